The second-order valence-corrected chi connectivity index (χ2v) is 5.39. The van der Waals surface area contributed by atoms with Crippen LogP contribution in [0.1, 0.15) is 5.56 Å². The van der Waals surface area contributed by atoms with Crippen LogP contribution in [0.15, 0.2) is 54.6 Å². The average Bonchev–Trinajstić information content (AvgIpc) is 2.55. The lowest BCUT2D eigenvalue weighted by Crippen LogP contribution is -2.35. The number of nitrogens with one attached hydrogen (secondary N) is 1. The lowest BCUT2D eigenvalue weighted by Gasteiger charge is -2.16. The number of benzene rings is 2. The molecule has 0 spiro atoms. The zero-order valence-electron chi connectivity index (χ0n) is 12.7. The minimum atomic E-state index is -0.555. The second-order valence-electron chi connectivity index (χ2n) is 4.95. The number of hydrogen-bond acceptors (Lipinski definition) is 3. The molecule has 1 N–H and O–H groups in total. The van der Waals surface area contributed by atoms with E-state index in [-0.39, 0.29) is 19.1 Å². The Morgan fingerprint density at radius 1 is 1.09 bits per heavy atom. The Morgan fingerprint density at radius 3 is 2.39 bits per heavy atom. The Labute approximate surface area is 139 Å². The van der Waals surface area contributed by atoms with Crippen LogP contribution in [0, 0.1) is 0 Å². The van der Waals surface area contributed by atoms with E-state index in [2.05, 4.69) is 5.32 Å². The van der Waals surface area contributed by atoms with Crippen molar-refractivity contribution in [1.82, 2.24) is 4.90 Å². The third-order valence-electron chi connectivity index (χ3n) is 3.03. The average molecular weight is 333 g/mol. The summed E-state index contributed by atoms with van der Waals surface area (Å²) in [5, 5.41) is 3.27. The van der Waals surface area contributed by atoms with E-state index < -0.39 is 6.09 Å². The normalized spacial score (nSPS) is 10.0. The van der Waals surface area contributed by atoms with Crippen molar-refractivity contribution in [2.24, 2.45) is 0 Å². The maximum absolute atomic E-state index is 11.9. The highest BCUT2D eigenvalue weighted by molar-refractivity contribution is 6.30. The molecule has 0 radical (unpaired) electrons. The van der Waals surface area contributed by atoms with Crippen LogP contribution in [0.3, 0.4) is 0 Å². The van der Waals surface area contributed by atoms with Gasteiger partial charge in [-0.1, -0.05) is 41.9 Å². The van der Waals surface area contributed by atoms with Gasteiger partial charge < -0.3 is 15.0 Å². The Balaban J connectivity index is 1.78. The van der Waals surface area contributed by atoms with Gasteiger partial charge in [-0.15, -0.1) is 0 Å². The van der Waals surface area contributed by atoms with Crippen molar-refractivity contribution < 1.29 is 14.3 Å². The Bertz CT molecular complexity index is 659. The second kappa shape index (κ2) is 8.19. The van der Waals surface area contributed by atoms with Gasteiger partial charge in [0, 0.05) is 17.8 Å². The molecule has 0 aliphatic heterocycles. The molecule has 2 aromatic rings. The predicted molar refractivity (Wildman–Crippen MR) is 89.3 cm³/mol. The molecule has 2 rings (SSSR count). The first-order valence-electron chi connectivity index (χ1n) is 7.02. The van der Waals surface area contributed by atoms with Gasteiger partial charge in [0.15, 0.2) is 0 Å². The molecule has 2 amide bonds. The van der Waals surface area contributed by atoms with E-state index >= 15 is 0 Å². The van der Waals surface area contributed by atoms with E-state index in [0.29, 0.717) is 10.7 Å². The van der Waals surface area contributed by atoms with Crippen LogP contribution in [0.4, 0.5) is 10.5 Å². The highest BCUT2D eigenvalue weighted by atomic mass is 35.5. The molecule has 0 atom stereocenters. The number of amides is 2. The van der Waals surface area contributed by atoms with E-state index in [9.17, 15) is 9.59 Å². The maximum Gasteiger partial charge on any atom is 0.410 e. The number of nitrogens with zero attached hydrogens (tertiary/aromatic N) is 1. The summed E-state index contributed by atoms with van der Waals surface area (Å²) in [6, 6.07) is 16.1. The van der Waals surface area contributed by atoms with E-state index in [1.165, 1.54) is 11.9 Å². The number of rotatable bonds is 5. The largest absolute Gasteiger partial charge is 0.445 e. The molecular formula is C17H17ClN2O3. The molecule has 120 valence electrons. The molecule has 6 heteroatoms. The van der Waals surface area contributed by atoms with E-state index in [0.717, 1.165) is 5.56 Å². The molecule has 0 aliphatic carbocycles. The first-order valence-corrected chi connectivity index (χ1v) is 7.39. The van der Waals surface area contributed by atoms with E-state index in [1.54, 1.807) is 24.3 Å². The summed E-state index contributed by atoms with van der Waals surface area (Å²) in [5.74, 6) is -0.313. The van der Waals surface area contributed by atoms with Gasteiger partial charge in [-0.3, -0.25) is 4.79 Å². The SMILES string of the molecule is CN(CC(=O)Nc1ccc(Cl)cc1)C(=O)OCc1ccccc1. The summed E-state index contributed by atoms with van der Waals surface area (Å²) >= 11 is 5.78. The standard InChI is InChI=1S/C17H17ClN2O3/c1-20(17(22)23-12-13-5-3-2-4-6-13)11-16(21)19-15-9-7-14(18)8-10-15/h2-10H,11-12H2,1H3,(H,19,21). The molecule has 0 aliphatic rings. The number of hydrogen-bond donors (Lipinski definition) is 1. The fourth-order valence-electron chi connectivity index (χ4n) is 1.84. The minimum Gasteiger partial charge on any atom is -0.445 e. The highest BCUT2D eigenvalue weighted by Gasteiger charge is 2.14. The number of halogens is 1. The Kier molecular flexibility index (Phi) is 6.00. The summed E-state index contributed by atoms with van der Waals surface area (Å²) in [6.45, 7) is 0.0685. The molecule has 0 saturated heterocycles. The van der Waals surface area contributed by atoms with E-state index in [1.807, 2.05) is 30.3 Å². The van der Waals surface area contributed by atoms with Gasteiger partial charge in [0.1, 0.15) is 13.2 Å². The van der Waals surface area contributed by atoms with Crippen LogP contribution < -0.4 is 5.32 Å². The smallest absolute Gasteiger partial charge is 0.410 e. The number of carbonyl (C=O) groups excluding carboxylic acids is 2. The maximum atomic E-state index is 11.9. The number of likely N-dealkylation sites (N-methyl/N-ethyl adjacent to an activating group) is 1. The third kappa shape index (κ3) is 5.64. The molecule has 0 aromatic heterocycles. The number of ether oxygens (including phenoxy) is 1. The summed E-state index contributed by atoms with van der Waals surface area (Å²) in [5.41, 5.74) is 1.50. The molecule has 0 bridgehead atoms. The molecule has 23 heavy (non-hydrogen) atoms. The van der Waals surface area contributed by atoms with Gasteiger partial charge >= 0.3 is 6.09 Å². The molecule has 0 fully saturated rings. The van der Waals surface area contributed by atoms with Gasteiger partial charge in [-0.05, 0) is 29.8 Å². The fraction of sp³-hybridized carbons (Fsp3) is 0.176. The van der Waals surface area contributed by atoms with Gasteiger partial charge in [0.2, 0.25) is 5.91 Å². The Morgan fingerprint density at radius 2 is 1.74 bits per heavy atom. The topological polar surface area (TPSA) is 58.6 Å². The quantitative estimate of drug-likeness (QED) is 0.911. The van der Waals surface area contributed by atoms with Crippen molar-refractivity contribution in [3.05, 3.63) is 65.2 Å². The van der Waals surface area contributed by atoms with Crippen LogP contribution in [0.5, 0.6) is 0 Å². The summed E-state index contributed by atoms with van der Waals surface area (Å²) in [7, 11) is 1.51. The first kappa shape index (κ1) is 16.8. The van der Waals surface area contributed by atoms with E-state index in [4.69, 9.17) is 16.3 Å². The van der Waals surface area contributed by atoms with Crippen LogP contribution in [-0.4, -0.2) is 30.5 Å². The monoisotopic (exact) mass is 332 g/mol. The highest BCUT2D eigenvalue weighted by Crippen LogP contribution is 2.13. The predicted octanol–water partition coefficient (Wildman–Crippen LogP) is 3.55. The zero-order chi connectivity index (χ0) is 16.7. The Hall–Kier alpha value is -2.53. The number of carbonyl (C=O) groups is 2. The van der Waals surface area contributed by atoms with Gasteiger partial charge in [-0.2, -0.15) is 0 Å². The van der Waals surface area contributed by atoms with Crippen molar-refractivity contribution in [2.75, 3.05) is 18.9 Å². The summed E-state index contributed by atoms with van der Waals surface area (Å²) < 4.78 is 5.15. The zero-order valence-corrected chi connectivity index (χ0v) is 13.4. The van der Waals surface area contributed by atoms with Gasteiger partial charge in [0.05, 0.1) is 0 Å². The lowest BCUT2D eigenvalue weighted by molar-refractivity contribution is -0.116. The van der Waals surface area contributed by atoms with Crippen LogP contribution in [0.25, 0.3) is 0 Å². The van der Waals surface area contributed by atoms with Crippen LogP contribution in [-0.2, 0) is 16.1 Å². The minimum absolute atomic E-state index is 0.101. The van der Waals surface area contributed by atoms with Crippen molar-refractivity contribution in [2.45, 2.75) is 6.61 Å². The molecular weight excluding hydrogens is 316 g/mol. The van der Waals surface area contributed by atoms with Crippen molar-refractivity contribution in [3.63, 3.8) is 0 Å². The van der Waals surface area contributed by atoms with Gasteiger partial charge in [-0.25, -0.2) is 4.79 Å². The van der Waals surface area contributed by atoms with Crippen molar-refractivity contribution >= 4 is 29.3 Å². The third-order valence-corrected chi connectivity index (χ3v) is 3.28. The summed E-state index contributed by atoms with van der Waals surface area (Å²) in [4.78, 5) is 25.0. The first-order chi connectivity index (χ1) is 11.0. The molecule has 0 unspecified atom stereocenters. The fourth-order valence-corrected chi connectivity index (χ4v) is 1.97. The van der Waals surface area contributed by atoms with Gasteiger partial charge in [0.25, 0.3) is 0 Å². The lowest BCUT2D eigenvalue weighted by atomic mass is 10.2. The molecule has 2 aromatic carbocycles. The molecule has 0 heterocycles. The van der Waals surface area contributed by atoms with Crippen molar-refractivity contribution in [1.29, 1.82) is 0 Å². The molecule has 5 nitrogen and oxygen atoms in total. The molecule has 0 saturated carbocycles. The summed E-state index contributed by atoms with van der Waals surface area (Å²) in [6.07, 6.45) is -0.555. The van der Waals surface area contributed by atoms with Crippen LogP contribution >= 0.6 is 11.6 Å². The van der Waals surface area contributed by atoms with Crippen LogP contribution in [0.2, 0.25) is 5.02 Å². The van der Waals surface area contributed by atoms with Crippen molar-refractivity contribution in [3.8, 4) is 0 Å². The number of anilines is 1.